The minimum Gasteiger partial charge on any atom is -0.396 e. The average molecular weight is 328 g/mol. The van der Waals surface area contributed by atoms with Crippen molar-refractivity contribution in [1.29, 1.82) is 0 Å². The molecule has 1 aromatic carbocycles. The summed E-state index contributed by atoms with van der Waals surface area (Å²) < 4.78 is 39.4. The third-order valence-corrected chi connectivity index (χ3v) is 4.97. The van der Waals surface area contributed by atoms with Gasteiger partial charge >= 0.3 is 0 Å². The molecule has 0 aliphatic rings. The molecule has 0 spiro atoms. The number of sulfonamides is 1. The van der Waals surface area contributed by atoms with Gasteiger partial charge in [0.05, 0.1) is 0 Å². The van der Waals surface area contributed by atoms with Crippen LogP contribution in [0.15, 0.2) is 23.1 Å². The van der Waals surface area contributed by atoms with E-state index in [1.807, 2.05) is 0 Å². The van der Waals surface area contributed by atoms with Crippen LogP contribution in [0, 0.1) is 5.82 Å². The van der Waals surface area contributed by atoms with Crippen molar-refractivity contribution >= 4 is 33.4 Å². The number of thioether (sulfide) groups is 1. The Bertz CT molecular complexity index is 511. The van der Waals surface area contributed by atoms with Crippen LogP contribution < -0.4 is 4.72 Å². The third-order valence-electron chi connectivity index (χ3n) is 2.17. The summed E-state index contributed by atoms with van der Waals surface area (Å²) in [4.78, 5) is -0.405. The van der Waals surface area contributed by atoms with Gasteiger partial charge in [-0.2, -0.15) is 11.8 Å². The number of aliphatic hydroxyl groups excluding tert-OH is 1. The predicted octanol–water partition coefficient (Wildman–Crippen LogP) is 1.87. The normalized spacial score (nSPS) is 11.7. The summed E-state index contributed by atoms with van der Waals surface area (Å²) in [6.07, 6.45) is 0.670. The standard InChI is InChI=1S/C11H15ClFNO3S2/c12-9-2-3-11(10(13)8-9)19(16,17)14-4-7-18-6-1-5-15/h2-3,8,14-15H,1,4-7H2. The Morgan fingerprint density at radius 3 is 2.74 bits per heavy atom. The maximum atomic E-state index is 13.5. The minimum absolute atomic E-state index is 0.120. The van der Waals surface area contributed by atoms with Gasteiger partial charge in [-0.25, -0.2) is 17.5 Å². The Kier molecular flexibility index (Phi) is 7.09. The first-order valence-corrected chi connectivity index (χ1v) is 8.62. The summed E-state index contributed by atoms with van der Waals surface area (Å²) >= 11 is 7.08. The Morgan fingerprint density at radius 1 is 1.37 bits per heavy atom. The molecule has 0 aromatic heterocycles. The zero-order valence-electron chi connectivity index (χ0n) is 10.1. The van der Waals surface area contributed by atoms with Crippen molar-refractivity contribution in [3.63, 3.8) is 0 Å². The number of nitrogens with one attached hydrogen (secondary N) is 1. The van der Waals surface area contributed by atoms with E-state index in [1.165, 1.54) is 17.8 Å². The fourth-order valence-electron chi connectivity index (χ4n) is 1.29. The van der Waals surface area contributed by atoms with Gasteiger partial charge in [-0.05, 0) is 30.4 Å². The molecule has 108 valence electrons. The lowest BCUT2D eigenvalue weighted by atomic mass is 10.3. The fraction of sp³-hybridized carbons (Fsp3) is 0.455. The van der Waals surface area contributed by atoms with Gasteiger partial charge in [0.25, 0.3) is 0 Å². The van der Waals surface area contributed by atoms with E-state index in [2.05, 4.69) is 4.72 Å². The number of benzene rings is 1. The molecule has 0 saturated heterocycles. The number of halogens is 2. The lowest BCUT2D eigenvalue weighted by Crippen LogP contribution is -2.27. The van der Waals surface area contributed by atoms with E-state index in [0.29, 0.717) is 12.2 Å². The fourth-order valence-corrected chi connectivity index (χ4v) is 3.45. The van der Waals surface area contributed by atoms with Crippen molar-refractivity contribution in [2.24, 2.45) is 0 Å². The predicted molar refractivity (Wildman–Crippen MR) is 75.6 cm³/mol. The Morgan fingerprint density at radius 2 is 2.11 bits per heavy atom. The molecule has 0 saturated carbocycles. The van der Waals surface area contributed by atoms with Gasteiger partial charge in [0.1, 0.15) is 10.7 Å². The van der Waals surface area contributed by atoms with Crippen LogP contribution in [0.2, 0.25) is 5.02 Å². The van der Waals surface area contributed by atoms with E-state index in [1.54, 1.807) is 0 Å². The van der Waals surface area contributed by atoms with Gasteiger partial charge in [-0.15, -0.1) is 0 Å². The number of rotatable bonds is 8. The molecular formula is C11H15ClFNO3S2. The molecule has 1 aromatic rings. The van der Waals surface area contributed by atoms with Gasteiger partial charge in [0.15, 0.2) is 0 Å². The molecule has 1 rings (SSSR count). The maximum Gasteiger partial charge on any atom is 0.243 e. The highest BCUT2D eigenvalue weighted by Gasteiger charge is 2.18. The van der Waals surface area contributed by atoms with E-state index in [-0.39, 0.29) is 18.2 Å². The van der Waals surface area contributed by atoms with Crippen LogP contribution >= 0.6 is 23.4 Å². The van der Waals surface area contributed by atoms with Crippen molar-refractivity contribution in [3.8, 4) is 0 Å². The zero-order valence-corrected chi connectivity index (χ0v) is 12.5. The molecule has 4 nitrogen and oxygen atoms in total. The first-order valence-electron chi connectivity index (χ1n) is 5.60. The molecule has 0 aliphatic heterocycles. The largest absolute Gasteiger partial charge is 0.396 e. The van der Waals surface area contributed by atoms with Crippen LogP contribution in [0.4, 0.5) is 4.39 Å². The first kappa shape index (κ1) is 16.7. The van der Waals surface area contributed by atoms with Crippen LogP contribution in [0.1, 0.15) is 6.42 Å². The second-order valence-corrected chi connectivity index (χ2v) is 7.06. The molecule has 0 heterocycles. The molecule has 8 heteroatoms. The Balaban J connectivity index is 2.52. The van der Waals surface area contributed by atoms with Gasteiger partial charge in [0.2, 0.25) is 10.0 Å². The van der Waals surface area contributed by atoms with E-state index in [9.17, 15) is 12.8 Å². The molecule has 0 aliphatic carbocycles. The maximum absolute atomic E-state index is 13.5. The highest BCUT2D eigenvalue weighted by Crippen LogP contribution is 2.18. The number of hydrogen-bond donors (Lipinski definition) is 2. The topological polar surface area (TPSA) is 66.4 Å². The lowest BCUT2D eigenvalue weighted by molar-refractivity contribution is 0.296. The third kappa shape index (κ3) is 5.66. The molecule has 0 radical (unpaired) electrons. The van der Waals surface area contributed by atoms with E-state index >= 15 is 0 Å². The van der Waals surface area contributed by atoms with Gasteiger partial charge in [0, 0.05) is 23.9 Å². The Hall–Kier alpha value is -0.340. The van der Waals surface area contributed by atoms with Crippen LogP contribution in [-0.4, -0.2) is 38.2 Å². The lowest BCUT2D eigenvalue weighted by Gasteiger charge is -2.07. The van der Waals surface area contributed by atoms with E-state index < -0.39 is 20.7 Å². The molecule has 0 unspecified atom stereocenters. The Labute approximate surface area is 121 Å². The second-order valence-electron chi connectivity index (χ2n) is 3.66. The van der Waals surface area contributed by atoms with Crippen LogP contribution in [0.3, 0.4) is 0 Å². The van der Waals surface area contributed by atoms with E-state index in [0.717, 1.165) is 17.9 Å². The van der Waals surface area contributed by atoms with Gasteiger partial charge in [-0.1, -0.05) is 11.6 Å². The summed E-state index contributed by atoms with van der Waals surface area (Å²) in [6.45, 7) is 0.329. The van der Waals surface area contributed by atoms with Crippen molar-refractivity contribution in [2.75, 3.05) is 24.7 Å². The highest BCUT2D eigenvalue weighted by molar-refractivity contribution is 7.99. The molecule has 0 bridgehead atoms. The van der Waals surface area contributed by atoms with Crippen molar-refractivity contribution in [1.82, 2.24) is 4.72 Å². The van der Waals surface area contributed by atoms with Crippen molar-refractivity contribution < 1.29 is 17.9 Å². The number of hydrogen-bond acceptors (Lipinski definition) is 4. The molecule has 0 atom stereocenters. The summed E-state index contributed by atoms with van der Waals surface area (Å²) in [5.74, 6) is 0.454. The highest BCUT2D eigenvalue weighted by atomic mass is 35.5. The van der Waals surface area contributed by atoms with Crippen molar-refractivity contribution in [3.05, 3.63) is 29.0 Å². The second kappa shape index (κ2) is 8.06. The number of aliphatic hydroxyl groups is 1. The van der Waals surface area contributed by atoms with Crippen LogP contribution in [0.5, 0.6) is 0 Å². The summed E-state index contributed by atoms with van der Waals surface area (Å²) in [5.41, 5.74) is 0. The monoisotopic (exact) mass is 327 g/mol. The summed E-state index contributed by atoms with van der Waals surface area (Å²) in [7, 11) is -3.85. The molecule has 0 amide bonds. The summed E-state index contributed by atoms with van der Waals surface area (Å²) in [6, 6.07) is 3.43. The quantitative estimate of drug-likeness (QED) is 0.715. The minimum atomic E-state index is -3.85. The molecule has 2 N–H and O–H groups in total. The SMILES string of the molecule is O=S(=O)(NCCSCCCO)c1ccc(Cl)cc1F. The molecule has 0 fully saturated rings. The molecule has 19 heavy (non-hydrogen) atoms. The first-order chi connectivity index (χ1) is 8.97. The average Bonchev–Trinajstić information content (AvgIpc) is 2.33. The van der Waals surface area contributed by atoms with Crippen molar-refractivity contribution in [2.45, 2.75) is 11.3 Å². The van der Waals surface area contributed by atoms with Gasteiger partial charge < -0.3 is 5.11 Å². The van der Waals surface area contributed by atoms with Crippen LogP contribution in [0.25, 0.3) is 0 Å². The van der Waals surface area contributed by atoms with E-state index in [4.69, 9.17) is 16.7 Å². The van der Waals surface area contributed by atoms with Gasteiger partial charge in [-0.3, -0.25) is 0 Å². The molecular weight excluding hydrogens is 313 g/mol. The summed E-state index contributed by atoms with van der Waals surface area (Å²) in [5, 5.41) is 8.73. The van der Waals surface area contributed by atoms with Crippen LogP contribution in [-0.2, 0) is 10.0 Å². The smallest absolute Gasteiger partial charge is 0.243 e. The zero-order chi connectivity index (χ0) is 14.3.